The Labute approximate surface area is 112 Å². The van der Waals surface area contributed by atoms with E-state index >= 15 is 0 Å². The van der Waals surface area contributed by atoms with Crippen LogP contribution in [-0.4, -0.2) is 18.5 Å². The van der Waals surface area contributed by atoms with E-state index < -0.39 is 0 Å². The Hall–Kier alpha value is -0.570. The van der Waals surface area contributed by atoms with E-state index in [0.717, 1.165) is 25.8 Å². The van der Waals surface area contributed by atoms with Crippen molar-refractivity contribution in [2.45, 2.75) is 59.4 Å². The molecule has 0 spiro atoms. The Kier molecular flexibility index (Phi) is 6.13. The molecule has 0 aromatic heterocycles. The lowest BCUT2D eigenvalue weighted by Crippen LogP contribution is -2.39. The maximum atomic E-state index is 12.1. The lowest BCUT2D eigenvalue weighted by Gasteiger charge is -2.30. The number of amides is 1. The predicted octanol–water partition coefficient (Wildman–Crippen LogP) is 2.55. The van der Waals surface area contributed by atoms with Gasteiger partial charge in [-0.25, -0.2) is 0 Å². The van der Waals surface area contributed by atoms with Gasteiger partial charge in [0.2, 0.25) is 5.91 Å². The van der Waals surface area contributed by atoms with Gasteiger partial charge in [-0.05, 0) is 37.0 Å². The molecule has 4 atom stereocenters. The molecule has 1 amide bonds. The van der Waals surface area contributed by atoms with Crippen LogP contribution in [-0.2, 0) is 4.79 Å². The molecule has 0 aromatic rings. The van der Waals surface area contributed by atoms with Crippen LogP contribution in [0.25, 0.3) is 0 Å². The maximum Gasteiger partial charge on any atom is 0.223 e. The van der Waals surface area contributed by atoms with Crippen molar-refractivity contribution in [1.29, 1.82) is 0 Å². The Bertz CT molecular complexity index is 265. The van der Waals surface area contributed by atoms with Crippen LogP contribution >= 0.6 is 0 Å². The fourth-order valence-corrected chi connectivity index (χ4v) is 2.59. The number of hydrogen-bond acceptors (Lipinski definition) is 2. The van der Waals surface area contributed by atoms with Gasteiger partial charge in [0.25, 0.3) is 0 Å². The van der Waals surface area contributed by atoms with E-state index in [1.165, 1.54) is 6.42 Å². The van der Waals surface area contributed by atoms with Crippen LogP contribution < -0.4 is 11.1 Å². The summed E-state index contributed by atoms with van der Waals surface area (Å²) in [5.41, 5.74) is 5.99. The van der Waals surface area contributed by atoms with Crippen molar-refractivity contribution in [1.82, 2.24) is 5.32 Å². The summed E-state index contributed by atoms with van der Waals surface area (Å²) in [5, 5.41) is 3.10. The summed E-state index contributed by atoms with van der Waals surface area (Å²) >= 11 is 0. The third-order valence-electron chi connectivity index (χ3n) is 4.61. The first-order chi connectivity index (χ1) is 8.41. The fourth-order valence-electron chi connectivity index (χ4n) is 2.59. The smallest absolute Gasteiger partial charge is 0.223 e. The molecule has 1 aliphatic rings. The maximum absolute atomic E-state index is 12.1. The van der Waals surface area contributed by atoms with Gasteiger partial charge in [-0.2, -0.15) is 0 Å². The standard InChI is InChI=1S/C15H30N2O/c1-10(2)11(3)9-17-15(18)12(4)13-6-5-7-14(16)8-13/h10-14H,5-9,16H2,1-4H3,(H,17,18). The van der Waals surface area contributed by atoms with E-state index in [0.29, 0.717) is 23.8 Å². The predicted molar refractivity (Wildman–Crippen MR) is 76.1 cm³/mol. The molecule has 1 fully saturated rings. The molecule has 0 heterocycles. The molecular weight excluding hydrogens is 224 g/mol. The zero-order valence-corrected chi connectivity index (χ0v) is 12.4. The lowest BCUT2D eigenvalue weighted by molar-refractivity contribution is -0.126. The van der Waals surface area contributed by atoms with Crippen LogP contribution in [0.1, 0.15) is 53.4 Å². The first-order valence-electron chi connectivity index (χ1n) is 7.45. The fraction of sp³-hybridized carbons (Fsp3) is 0.933. The number of carbonyl (C=O) groups excluding carboxylic acids is 1. The molecule has 106 valence electrons. The van der Waals surface area contributed by atoms with Crippen LogP contribution in [0.2, 0.25) is 0 Å². The van der Waals surface area contributed by atoms with Gasteiger partial charge in [0.15, 0.2) is 0 Å². The topological polar surface area (TPSA) is 55.1 Å². The normalized spacial score (nSPS) is 27.9. The largest absolute Gasteiger partial charge is 0.356 e. The minimum Gasteiger partial charge on any atom is -0.356 e. The summed E-state index contributed by atoms with van der Waals surface area (Å²) in [6.07, 6.45) is 4.46. The average molecular weight is 254 g/mol. The van der Waals surface area contributed by atoms with Crippen LogP contribution in [0, 0.1) is 23.7 Å². The van der Waals surface area contributed by atoms with Gasteiger partial charge in [-0.15, -0.1) is 0 Å². The lowest BCUT2D eigenvalue weighted by atomic mass is 9.78. The second-order valence-electron chi connectivity index (χ2n) is 6.44. The monoisotopic (exact) mass is 254 g/mol. The number of rotatable bonds is 5. The molecule has 4 unspecified atom stereocenters. The van der Waals surface area contributed by atoms with E-state index in [1.54, 1.807) is 0 Å². The number of hydrogen-bond donors (Lipinski definition) is 2. The van der Waals surface area contributed by atoms with Gasteiger partial charge in [-0.3, -0.25) is 4.79 Å². The van der Waals surface area contributed by atoms with E-state index in [9.17, 15) is 4.79 Å². The van der Waals surface area contributed by atoms with E-state index in [1.807, 2.05) is 0 Å². The highest BCUT2D eigenvalue weighted by molar-refractivity contribution is 5.78. The first-order valence-corrected chi connectivity index (χ1v) is 7.45. The van der Waals surface area contributed by atoms with Crippen molar-refractivity contribution in [2.24, 2.45) is 29.4 Å². The molecule has 3 nitrogen and oxygen atoms in total. The molecule has 18 heavy (non-hydrogen) atoms. The molecule has 0 aliphatic heterocycles. The second kappa shape index (κ2) is 7.13. The van der Waals surface area contributed by atoms with Crippen LogP contribution in [0.4, 0.5) is 0 Å². The van der Waals surface area contributed by atoms with E-state index in [2.05, 4.69) is 33.0 Å². The van der Waals surface area contributed by atoms with Crippen molar-refractivity contribution in [2.75, 3.05) is 6.54 Å². The highest BCUT2D eigenvalue weighted by Crippen LogP contribution is 2.29. The molecule has 3 N–H and O–H groups in total. The highest BCUT2D eigenvalue weighted by atomic mass is 16.1. The van der Waals surface area contributed by atoms with Gasteiger partial charge in [0.05, 0.1) is 0 Å². The van der Waals surface area contributed by atoms with Gasteiger partial charge in [-0.1, -0.05) is 34.1 Å². The third kappa shape index (κ3) is 4.60. The van der Waals surface area contributed by atoms with Crippen molar-refractivity contribution < 1.29 is 4.79 Å². The second-order valence-corrected chi connectivity index (χ2v) is 6.44. The highest BCUT2D eigenvalue weighted by Gasteiger charge is 2.28. The van der Waals surface area contributed by atoms with E-state index in [4.69, 9.17) is 5.73 Å². The number of nitrogens with two attached hydrogens (primary N) is 1. The zero-order valence-electron chi connectivity index (χ0n) is 12.4. The summed E-state index contributed by atoms with van der Waals surface area (Å²) in [7, 11) is 0. The van der Waals surface area contributed by atoms with Crippen molar-refractivity contribution in [3.63, 3.8) is 0 Å². The molecule has 1 aliphatic carbocycles. The number of nitrogens with one attached hydrogen (secondary N) is 1. The van der Waals surface area contributed by atoms with E-state index in [-0.39, 0.29) is 11.8 Å². The minimum atomic E-state index is 0.107. The zero-order chi connectivity index (χ0) is 13.7. The third-order valence-corrected chi connectivity index (χ3v) is 4.61. The van der Waals surface area contributed by atoms with Crippen molar-refractivity contribution in [3.05, 3.63) is 0 Å². The summed E-state index contributed by atoms with van der Waals surface area (Å²) in [6, 6.07) is 0.300. The van der Waals surface area contributed by atoms with Crippen LogP contribution in [0.3, 0.4) is 0 Å². The van der Waals surface area contributed by atoms with Crippen LogP contribution in [0.15, 0.2) is 0 Å². The molecule has 0 saturated heterocycles. The molecule has 0 aromatic carbocycles. The van der Waals surface area contributed by atoms with Gasteiger partial charge < -0.3 is 11.1 Å². The summed E-state index contributed by atoms with van der Waals surface area (Å²) in [4.78, 5) is 12.1. The Balaban J connectivity index is 2.36. The number of carbonyl (C=O) groups is 1. The first kappa shape index (κ1) is 15.5. The van der Waals surface area contributed by atoms with Gasteiger partial charge >= 0.3 is 0 Å². The molecule has 3 heteroatoms. The Morgan fingerprint density at radius 2 is 1.94 bits per heavy atom. The van der Waals surface area contributed by atoms with Crippen LogP contribution in [0.5, 0.6) is 0 Å². The molecule has 1 rings (SSSR count). The minimum absolute atomic E-state index is 0.107. The quantitative estimate of drug-likeness (QED) is 0.792. The van der Waals surface area contributed by atoms with Crippen molar-refractivity contribution >= 4 is 5.91 Å². The van der Waals surface area contributed by atoms with Gasteiger partial charge in [0.1, 0.15) is 0 Å². The Morgan fingerprint density at radius 3 is 2.50 bits per heavy atom. The summed E-state index contributed by atoms with van der Waals surface area (Å²) in [5.74, 6) is 1.94. The molecule has 0 radical (unpaired) electrons. The summed E-state index contributed by atoms with van der Waals surface area (Å²) < 4.78 is 0. The SMILES string of the molecule is CC(C)C(C)CNC(=O)C(C)C1CCCC(N)C1. The summed E-state index contributed by atoms with van der Waals surface area (Å²) in [6.45, 7) is 9.42. The van der Waals surface area contributed by atoms with Crippen molar-refractivity contribution in [3.8, 4) is 0 Å². The van der Waals surface area contributed by atoms with Gasteiger partial charge in [0, 0.05) is 18.5 Å². The molecule has 0 bridgehead atoms. The average Bonchev–Trinajstić information content (AvgIpc) is 2.34. The molecular formula is C15H30N2O. The Morgan fingerprint density at radius 1 is 1.28 bits per heavy atom. The molecule has 1 saturated carbocycles.